The van der Waals surface area contributed by atoms with Crippen LogP contribution in [-0.4, -0.2) is 115 Å². The monoisotopic (exact) mass is 356 g/mol. The summed E-state index contributed by atoms with van der Waals surface area (Å²) in [6, 6.07) is 0. The molecule has 0 aromatic heterocycles. The van der Waals surface area contributed by atoms with Crippen molar-refractivity contribution in [2.45, 2.75) is 54.2 Å². The Hall–Kier alpha value is -0.480. The summed E-state index contributed by atoms with van der Waals surface area (Å²) in [7, 11) is 0. The summed E-state index contributed by atoms with van der Waals surface area (Å²) >= 11 is 0. The maximum absolute atomic E-state index is 10.2. The summed E-state index contributed by atoms with van der Waals surface area (Å²) in [5, 5.41) is 77.6. The molecule has 0 amide bonds. The Labute approximate surface area is 135 Å². The van der Waals surface area contributed by atoms with E-state index >= 15 is 0 Å². The molecule has 3 rings (SSSR count). The third kappa shape index (κ3) is 2.25. The zero-order valence-electron chi connectivity index (χ0n) is 12.3. The second kappa shape index (κ2) is 5.77. The van der Waals surface area contributed by atoms with Gasteiger partial charge in [-0.15, -0.1) is 0 Å². The summed E-state index contributed by atoms with van der Waals surface area (Å²) < 4.78 is 20.4. The third-order valence-electron chi connectivity index (χ3n) is 4.49. The van der Waals surface area contributed by atoms with E-state index in [1.54, 1.807) is 0 Å². The number of aliphatic hydroxyl groups is 8. The van der Waals surface area contributed by atoms with Crippen LogP contribution in [0.5, 0.6) is 0 Å². The van der Waals surface area contributed by atoms with Crippen molar-refractivity contribution in [1.82, 2.24) is 0 Å². The predicted molar refractivity (Wildman–Crippen MR) is 67.6 cm³/mol. The molecular formula is C12H20O12. The molecular weight excluding hydrogens is 336 g/mol. The zero-order chi connectivity index (χ0) is 17.9. The second-order valence-corrected chi connectivity index (χ2v) is 5.98. The number of hydrogen-bond acceptors (Lipinski definition) is 12. The lowest BCUT2D eigenvalue weighted by Crippen LogP contribution is -2.62. The molecule has 0 aromatic carbocycles. The van der Waals surface area contributed by atoms with Crippen LogP contribution in [0.2, 0.25) is 0 Å². The first-order chi connectivity index (χ1) is 11.2. The number of hydrogen-bond donors (Lipinski definition) is 8. The lowest BCUT2D eigenvalue weighted by Gasteiger charge is -2.39. The third-order valence-corrected chi connectivity index (χ3v) is 4.49. The highest BCUT2D eigenvalue weighted by Crippen LogP contribution is 2.57. The molecule has 0 bridgehead atoms. The van der Waals surface area contributed by atoms with Gasteiger partial charge in [0.1, 0.15) is 43.2 Å². The molecule has 3 aliphatic rings. The normalized spacial score (nSPS) is 57.0. The van der Waals surface area contributed by atoms with E-state index in [9.17, 15) is 35.7 Å². The fourth-order valence-electron chi connectivity index (χ4n) is 2.98. The lowest BCUT2D eigenvalue weighted by molar-refractivity contribution is -0.401. The number of epoxide rings is 1. The van der Waals surface area contributed by atoms with E-state index in [4.69, 9.17) is 24.1 Å². The number of rotatable bonds is 5. The smallest absolute Gasteiger partial charge is 0.349 e. The van der Waals surface area contributed by atoms with Gasteiger partial charge in [-0.05, 0) is 0 Å². The molecule has 140 valence electrons. The van der Waals surface area contributed by atoms with Gasteiger partial charge in [-0.25, -0.2) is 0 Å². The van der Waals surface area contributed by atoms with E-state index in [2.05, 4.69) is 0 Å². The maximum atomic E-state index is 10.2. The molecule has 3 heterocycles. The Balaban J connectivity index is 1.87. The van der Waals surface area contributed by atoms with Crippen LogP contribution in [0.3, 0.4) is 0 Å². The van der Waals surface area contributed by atoms with E-state index in [-0.39, 0.29) is 0 Å². The standard InChI is InChI=1S/C12H20O12/c13-1-4-6(16)8(18)10(3-15,21-4)23-12-11(20,24-12)9(19)7(17)5(2-14)22-12/h4-9,13-20H,1-3H2/t4-,5-,6-,7-,8+,9+,10?,11+,12-/m1/s1. The lowest BCUT2D eigenvalue weighted by atomic mass is 9.98. The highest BCUT2D eigenvalue weighted by Gasteiger charge is 2.85. The number of aliphatic hydroxyl groups excluding tert-OH is 7. The molecule has 9 atom stereocenters. The molecule has 12 nitrogen and oxygen atoms in total. The van der Waals surface area contributed by atoms with E-state index in [0.717, 1.165) is 0 Å². The Morgan fingerprint density at radius 3 is 1.88 bits per heavy atom. The molecule has 3 fully saturated rings. The summed E-state index contributed by atoms with van der Waals surface area (Å²) in [6.45, 7) is -2.50. The highest BCUT2D eigenvalue weighted by molar-refractivity contribution is 5.11. The predicted octanol–water partition coefficient (Wildman–Crippen LogP) is -5.71. The van der Waals surface area contributed by atoms with Gasteiger partial charge in [0.25, 0.3) is 5.79 Å². The van der Waals surface area contributed by atoms with Crippen LogP contribution in [0, 0.1) is 0 Å². The summed E-state index contributed by atoms with van der Waals surface area (Å²) in [4.78, 5) is 0. The average molecular weight is 356 g/mol. The maximum Gasteiger partial charge on any atom is 0.349 e. The van der Waals surface area contributed by atoms with Crippen LogP contribution in [0.4, 0.5) is 0 Å². The summed E-state index contributed by atoms with van der Waals surface area (Å²) in [5.74, 6) is -7.36. The van der Waals surface area contributed by atoms with Crippen LogP contribution in [0.1, 0.15) is 0 Å². The molecule has 12 heteroatoms. The largest absolute Gasteiger partial charge is 0.394 e. The molecule has 0 radical (unpaired) electrons. The average Bonchev–Trinajstić information content (AvgIpc) is 3.10. The van der Waals surface area contributed by atoms with Crippen molar-refractivity contribution < 1.29 is 59.8 Å². The van der Waals surface area contributed by atoms with Crippen molar-refractivity contribution >= 4 is 0 Å². The highest BCUT2D eigenvalue weighted by atomic mass is 17.0. The van der Waals surface area contributed by atoms with Gasteiger partial charge in [0.05, 0.1) is 13.2 Å². The Kier molecular flexibility index (Phi) is 4.40. The quantitative estimate of drug-likeness (QED) is 0.217. The van der Waals surface area contributed by atoms with Crippen LogP contribution < -0.4 is 0 Å². The van der Waals surface area contributed by atoms with E-state index in [0.29, 0.717) is 0 Å². The number of ether oxygens (including phenoxy) is 4. The Bertz CT molecular complexity index is 491. The van der Waals surface area contributed by atoms with Gasteiger partial charge in [-0.1, -0.05) is 0 Å². The SMILES string of the molecule is OC[C@H]1OC(CO)(O[C@]23O[C@H](CO)[C@@H](O)[C@H](O)[C@]2(O)O3)[C@@H](O)[C@@H]1O. The molecule has 1 unspecified atom stereocenters. The summed E-state index contributed by atoms with van der Waals surface area (Å²) in [6.07, 6.45) is -9.83. The van der Waals surface area contributed by atoms with Crippen molar-refractivity contribution in [2.24, 2.45) is 0 Å². The van der Waals surface area contributed by atoms with E-state index in [1.165, 1.54) is 0 Å². The molecule has 0 saturated carbocycles. The second-order valence-electron chi connectivity index (χ2n) is 5.98. The summed E-state index contributed by atoms with van der Waals surface area (Å²) in [5.41, 5.74) is 0. The van der Waals surface area contributed by atoms with Gasteiger partial charge < -0.3 is 50.3 Å². The van der Waals surface area contributed by atoms with Gasteiger partial charge in [-0.3, -0.25) is 9.47 Å². The van der Waals surface area contributed by atoms with Crippen molar-refractivity contribution in [3.8, 4) is 0 Å². The fraction of sp³-hybridized carbons (Fsp3) is 1.00. The van der Waals surface area contributed by atoms with Crippen LogP contribution >= 0.6 is 0 Å². The first kappa shape index (κ1) is 18.3. The van der Waals surface area contributed by atoms with Gasteiger partial charge in [0.2, 0.25) is 5.79 Å². The minimum atomic E-state index is -2.55. The Morgan fingerprint density at radius 2 is 1.38 bits per heavy atom. The van der Waals surface area contributed by atoms with Gasteiger partial charge >= 0.3 is 5.97 Å². The molecule has 3 saturated heterocycles. The van der Waals surface area contributed by atoms with E-state index < -0.39 is 74.0 Å². The van der Waals surface area contributed by atoms with Gasteiger partial charge in [0.15, 0.2) is 0 Å². The van der Waals surface area contributed by atoms with Crippen molar-refractivity contribution in [1.29, 1.82) is 0 Å². The first-order valence-corrected chi connectivity index (χ1v) is 7.23. The van der Waals surface area contributed by atoms with Crippen molar-refractivity contribution in [2.75, 3.05) is 19.8 Å². The van der Waals surface area contributed by atoms with Crippen LogP contribution in [0.15, 0.2) is 0 Å². The molecule has 8 N–H and O–H groups in total. The number of fused-ring (bicyclic) bond motifs is 1. The van der Waals surface area contributed by atoms with Gasteiger partial charge in [-0.2, -0.15) is 0 Å². The van der Waals surface area contributed by atoms with Crippen LogP contribution in [0.25, 0.3) is 0 Å². The van der Waals surface area contributed by atoms with Gasteiger partial charge in [0, 0.05) is 0 Å². The molecule has 0 aromatic rings. The topological polar surface area (TPSA) is 202 Å². The zero-order valence-corrected chi connectivity index (χ0v) is 12.3. The first-order valence-electron chi connectivity index (χ1n) is 7.23. The minimum absolute atomic E-state index is 0.705. The fourth-order valence-corrected chi connectivity index (χ4v) is 2.98. The van der Waals surface area contributed by atoms with E-state index in [1.807, 2.05) is 0 Å². The van der Waals surface area contributed by atoms with Crippen LogP contribution in [-0.2, 0) is 18.9 Å². The van der Waals surface area contributed by atoms with Crippen molar-refractivity contribution in [3.63, 3.8) is 0 Å². The Morgan fingerprint density at radius 1 is 0.833 bits per heavy atom. The minimum Gasteiger partial charge on any atom is -0.394 e. The molecule has 3 aliphatic heterocycles. The molecule has 24 heavy (non-hydrogen) atoms. The van der Waals surface area contributed by atoms with Crippen molar-refractivity contribution in [3.05, 3.63) is 0 Å². The molecule has 0 spiro atoms. The molecule has 0 aliphatic carbocycles.